The number of thiol groups is 1. The number of carbonyl (C=O) groups excluding carboxylic acids is 2. The van der Waals surface area contributed by atoms with Gasteiger partial charge in [-0.15, -0.1) is 12.6 Å². The fraction of sp³-hybridized carbons (Fsp3) is 0.355. The predicted molar refractivity (Wildman–Crippen MR) is 154 cm³/mol. The maximum Gasteiger partial charge on any atom is 0.338 e. The number of benzene rings is 1. The molecule has 0 saturated heterocycles. The predicted octanol–water partition coefficient (Wildman–Crippen LogP) is 7.73. The van der Waals surface area contributed by atoms with Crippen molar-refractivity contribution in [3.63, 3.8) is 0 Å². The topological polar surface area (TPSA) is 55.4 Å². The lowest BCUT2D eigenvalue weighted by Crippen LogP contribution is -2.26. The summed E-state index contributed by atoms with van der Waals surface area (Å²) >= 11 is 4.17. The van der Waals surface area contributed by atoms with E-state index in [-0.39, 0.29) is 19.1 Å². The lowest BCUT2D eigenvalue weighted by molar-refractivity contribution is -0.116. The van der Waals surface area contributed by atoms with Crippen molar-refractivity contribution in [1.29, 1.82) is 0 Å². The lowest BCUT2D eigenvalue weighted by atomic mass is 10.1. The van der Waals surface area contributed by atoms with Crippen LogP contribution < -0.4 is 5.32 Å². The number of ether oxygens (including phenoxy) is 1. The summed E-state index contributed by atoms with van der Waals surface area (Å²) in [7, 11) is 0. The molecule has 36 heavy (non-hydrogen) atoms. The highest BCUT2D eigenvalue weighted by Crippen LogP contribution is 2.09. The second-order valence-corrected chi connectivity index (χ2v) is 8.73. The molecule has 0 saturated carbocycles. The Morgan fingerprint density at radius 1 is 0.778 bits per heavy atom. The molecule has 194 valence electrons. The SMILES string of the molecule is CCCCCCCCCC=CC=CC=CC=CC=CC=CC(=O)NCCOC(=O)c1ccc(S)cc1. The average Bonchev–Trinajstić information content (AvgIpc) is 2.88. The molecule has 0 aliphatic carbocycles. The van der Waals surface area contributed by atoms with E-state index in [1.165, 1.54) is 51.0 Å². The Balaban J connectivity index is 2.06. The van der Waals surface area contributed by atoms with Crippen LogP contribution in [0.2, 0.25) is 0 Å². The molecule has 1 amide bonds. The molecular weight excluding hydrogens is 466 g/mol. The first kappa shape index (κ1) is 31.0. The Kier molecular flexibility index (Phi) is 19.3. The summed E-state index contributed by atoms with van der Waals surface area (Å²) in [5.74, 6) is -0.674. The van der Waals surface area contributed by atoms with E-state index in [1.54, 1.807) is 36.4 Å². The maximum absolute atomic E-state index is 11.9. The fourth-order valence-corrected chi connectivity index (χ4v) is 3.26. The first-order chi connectivity index (χ1) is 17.6. The molecule has 0 heterocycles. The molecule has 0 bridgehead atoms. The van der Waals surface area contributed by atoms with Crippen LogP contribution >= 0.6 is 12.6 Å². The van der Waals surface area contributed by atoms with Gasteiger partial charge >= 0.3 is 5.97 Å². The molecule has 1 aromatic rings. The molecule has 5 heteroatoms. The number of unbranched alkanes of at least 4 members (excludes halogenated alkanes) is 7. The molecule has 0 aliphatic rings. The van der Waals surface area contributed by atoms with Crippen LogP contribution in [0.3, 0.4) is 0 Å². The van der Waals surface area contributed by atoms with Gasteiger partial charge in [0.05, 0.1) is 12.1 Å². The standard InChI is InChI=1S/C31H41NO3S/c1-2-3-4-5-6-7-8-9-10-11-12-13-14-15-16-17-18-19-20-21-30(33)32-26-27-35-31(34)28-22-24-29(36)25-23-28/h10-25,36H,2-9,26-27H2,1H3,(H,32,33). The number of nitrogens with one attached hydrogen (secondary N) is 1. The molecule has 0 spiro atoms. The monoisotopic (exact) mass is 507 g/mol. The van der Waals surface area contributed by atoms with E-state index in [0.29, 0.717) is 5.56 Å². The van der Waals surface area contributed by atoms with E-state index in [2.05, 4.69) is 37.0 Å². The largest absolute Gasteiger partial charge is 0.460 e. The molecule has 4 nitrogen and oxygen atoms in total. The molecular formula is C31H41NO3S. The van der Waals surface area contributed by atoms with Gasteiger partial charge in [-0.1, -0.05) is 112 Å². The molecule has 0 unspecified atom stereocenters. The van der Waals surface area contributed by atoms with Crippen LogP contribution in [0.5, 0.6) is 0 Å². The van der Waals surface area contributed by atoms with Gasteiger partial charge in [0, 0.05) is 11.0 Å². The van der Waals surface area contributed by atoms with E-state index >= 15 is 0 Å². The third-order valence-corrected chi connectivity index (χ3v) is 5.39. The first-order valence-corrected chi connectivity index (χ1v) is 13.3. The summed E-state index contributed by atoms with van der Waals surface area (Å²) in [6.45, 7) is 2.61. The Labute approximate surface area is 223 Å². The van der Waals surface area contributed by atoms with Crippen molar-refractivity contribution < 1.29 is 14.3 Å². The fourth-order valence-electron chi connectivity index (χ4n) is 3.11. The van der Waals surface area contributed by atoms with Crippen molar-refractivity contribution in [2.45, 2.75) is 63.2 Å². The third kappa shape index (κ3) is 18.3. The number of allylic oxidation sites excluding steroid dienone is 11. The highest BCUT2D eigenvalue weighted by atomic mass is 32.1. The quantitative estimate of drug-likeness (QED) is 0.0703. The van der Waals surface area contributed by atoms with Crippen LogP contribution in [0.1, 0.15) is 68.6 Å². The number of esters is 1. The Morgan fingerprint density at radius 2 is 1.33 bits per heavy atom. The van der Waals surface area contributed by atoms with E-state index in [0.717, 1.165) is 11.3 Å². The van der Waals surface area contributed by atoms with Gasteiger partial charge in [0.15, 0.2) is 0 Å². The highest BCUT2D eigenvalue weighted by Gasteiger charge is 2.06. The maximum atomic E-state index is 11.9. The molecule has 1 rings (SSSR count). The average molecular weight is 508 g/mol. The van der Waals surface area contributed by atoms with E-state index in [4.69, 9.17) is 4.74 Å². The van der Waals surface area contributed by atoms with Crippen LogP contribution in [0.25, 0.3) is 0 Å². The van der Waals surface area contributed by atoms with Crippen molar-refractivity contribution in [3.05, 3.63) is 103 Å². The minimum absolute atomic E-state index is 0.107. The minimum atomic E-state index is -0.428. The summed E-state index contributed by atoms with van der Waals surface area (Å²) < 4.78 is 5.12. The van der Waals surface area contributed by atoms with Gasteiger partial charge < -0.3 is 10.1 Å². The second kappa shape index (κ2) is 22.4. The molecule has 1 aromatic carbocycles. The zero-order valence-corrected chi connectivity index (χ0v) is 22.4. The molecule has 0 fully saturated rings. The van der Waals surface area contributed by atoms with E-state index in [9.17, 15) is 9.59 Å². The number of carbonyl (C=O) groups is 2. The van der Waals surface area contributed by atoms with Crippen LogP contribution in [-0.2, 0) is 9.53 Å². The van der Waals surface area contributed by atoms with Crippen LogP contribution in [0.15, 0.2) is 102 Å². The number of rotatable bonds is 18. The van der Waals surface area contributed by atoms with E-state index in [1.807, 2.05) is 42.5 Å². The van der Waals surface area contributed by atoms with Gasteiger partial charge in [0.2, 0.25) is 5.91 Å². The van der Waals surface area contributed by atoms with Crippen LogP contribution in [-0.4, -0.2) is 25.0 Å². The van der Waals surface area contributed by atoms with Crippen molar-refractivity contribution in [2.24, 2.45) is 0 Å². The van der Waals surface area contributed by atoms with Gasteiger partial charge in [0.1, 0.15) is 6.61 Å². The number of amides is 1. The van der Waals surface area contributed by atoms with Crippen molar-refractivity contribution in [1.82, 2.24) is 5.32 Å². The summed E-state index contributed by atoms with van der Waals surface area (Å²) in [5.41, 5.74) is 0.453. The molecule has 0 aliphatic heterocycles. The van der Waals surface area contributed by atoms with Crippen molar-refractivity contribution in [3.8, 4) is 0 Å². The normalized spacial score (nSPS) is 12.3. The van der Waals surface area contributed by atoms with Gasteiger partial charge in [0.25, 0.3) is 0 Å². The molecule has 0 aromatic heterocycles. The van der Waals surface area contributed by atoms with Gasteiger partial charge in [-0.2, -0.15) is 0 Å². The van der Waals surface area contributed by atoms with E-state index < -0.39 is 5.97 Å². The Bertz CT molecular complexity index is 908. The second-order valence-electron chi connectivity index (χ2n) is 8.21. The summed E-state index contributed by atoms with van der Waals surface area (Å²) in [5, 5.41) is 2.67. The third-order valence-electron chi connectivity index (χ3n) is 5.10. The Morgan fingerprint density at radius 3 is 1.97 bits per heavy atom. The first-order valence-electron chi connectivity index (χ1n) is 12.9. The molecule has 0 atom stereocenters. The zero-order chi connectivity index (χ0) is 26.1. The molecule has 0 radical (unpaired) electrons. The van der Waals surface area contributed by atoms with Crippen molar-refractivity contribution >= 4 is 24.5 Å². The van der Waals surface area contributed by atoms with Gasteiger partial charge in [-0.25, -0.2) is 4.79 Å². The summed E-state index contributed by atoms with van der Waals surface area (Å²) in [6.07, 6.45) is 33.4. The van der Waals surface area contributed by atoms with Crippen LogP contribution in [0.4, 0.5) is 0 Å². The van der Waals surface area contributed by atoms with Gasteiger partial charge in [-0.3, -0.25) is 4.79 Å². The van der Waals surface area contributed by atoms with Crippen molar-refractivity contribution in [2.75, 3.05) is 13.2 Å². The summed E-state index contributed by atoms with van der Waals surface area (Å²) in [6, 6.07) is 6.74. The van der Waals surface area contributed by atoms with Gasteiger partial charge in [-0.05, 0) is 37.1 Å². The molecule has 1 N–H and O–H groups in total. The lowest BCUT2D eigenvalue weighted by Gasteiger charge is -2.05. The zero-order valence-electron chi connectivity index (χ0n) is 21.5. The van der Waals surface area contributed by atoms with Crippen LogP contribution in [0, 0.1) is 0 Å². The highest BCUT2D eigenvalue weighted by molar-refractivity contribution is 7.80. The Hall–Kier alpha value is -3.05. The minimum Gasteiger partial charge on any atom is -0.460 e. The summed E-state index contributed by atoms with van der Waals surface area (Å²) in [4.78, 5) is 24.4. The number of hydrogen-bond donors (Lipinski definition) is 2. The smallest absolute Gasteiger partial charge is 0.338 e. The number of hydrogen-bond acceptors (Lipinski definition) is 4.